The predicted octanol–water partition coefficient (Wildman–Crippen LogP) is 2.55. The normalized spacial score (nSPS) is 17.6. The van der Waals surface area contributed by atoms with E-state index in [1.807, 2.05) is 24.3 Å². The van der Waals surface area contributed by atoms with Gasteiger partial charge in [0.2, 0.25) is 11.8 Å². The highest BCUT2D eigenvalue weighted by molar-refractivity contribution is 6.11. The van der Waals surface area contributed by atoms with Gasteiger partial charge in [-0.3, -0.25) is 0 Å². The number of cyclic esters (lactones) is 1. The summed E-state index contributed by atoms with van der Waals surface area (Å²) in [6.45, 7) is 3.06. The second kappa shape index (κ2) is 8.26. The third-order valence-corrected chi connectivity index (χ3v) is 5.55. The number of carbonyl (C=O) groups is 1. The number of esters is 1. The van der Waals surface area contributed by atoms with Gasteiger partial charge >= 0.3 is 5.97 Å². The number of hydrogen-bond donors (Lipinski definition) is 1. The molecular formula is C23H23N5O4. The number of para-hydroxylation sites is 2. The van der Waals surface area contributed by atoms with E-state index in [1.165, 1.54) is 0 Å². The van der Waals surface area contributed by atoms with Gasteiger partial charge in [0.05, 0.1) is 25.3 Å². The van der Waals surface area contributed by atoms with Gasteiger partial charge in [-0.15, -0.1) is 0 Å². The molecule has 2 aliphatic heterocycles. The number of piperazine rings is 1. The molecule has 164 valence electrons. The molecule has 0 radical (unpaired) electrons. The van der Waals surface area contributed by atoms with E-state index in [9.17, 15) is 4.79 Å². The largest absolute Gasteiger partial charge is 0.493 e. The van der Waals surface area contributed by atoms with Gasteiger partial charge in [-0.05, 0) is 30.3 Å². The summed E-state index contributed by atoms with van der Waals surface area (Å²) < 4.78 is 16.0. The Hall–Kier alpha value is -4.01. The molecule has 1 aromatic heterocycles. The predicted molar refractivity (Wildman–Crippen MR) is 120 cm³/mol. The average Bonchev–Trinajstić information content (AvgIpc) is 3.42. The van der Waals surface area contributed by atoms with Gasteiger partial charge < -0.3 is 29.0 Å². The second-order valence-electron chi connectivity index (χ2n) is 7.49. The first-order valence-corrected chi connectivity index (χ1v) is 10.3. The monoisotopic (exact) mass is 433 g/mol. The molecule has 0 bridgehead atoms. The first-order chi connectivity index (χ1) is 15.6. The van der Waals surface area contributed by atoms with Crippen LogP contribution in [0.5, 0.6) is 11.5 Å². The van der Waals surface area contributed by atoms with Crippen LogP contribution in [0.15, 0.2) is 59.4 Å². The first kappa shape index (κ1) is 19.9. The van der Waals surface area contributed by atoms with Crippen molar-refractivity contribution < 1.29 is 19.0 Å². The van der Waals surface area contributed by atoms with Crippen molar-refractivity contribution in [3.8, 4) is 11.5 Å². The summed E-state index contributed by atoms with van der Waals surface area (Å²) in [5, 5.41) is 0. The topological polar surface area (TPSA) is 92.3 Å². The number of anilines is 1. The number of aromatic amines is 1. The number of aromatic nitrogens is 2. The Bertz CT molecular complexity index is 1190. The van der Waals surface area contributed by atoms with Crippen LogP contribution in [-0.4, -0.2) is 67.1 Å². The van der Waals surface area contributed by atoms with Crippen LogP contribution in [0.4, 0.5) is 5.95 Å². The van der Waals surface area contributed by atoms with Crippen LogP contribution in [0.3, 0.4) is 0 Å². The Kier molecular flexibility index (Phi) is 5.14. The minimum Gasteiger partial charge on any atom is -0.493 e. The fraction of sp³-hybridized carbons (Fsp3) is 0.261. The number of H-pyrrole nitrogens is 1. The summed E-state index contributed by atoms with van der Waals surface area (Å²) >= 11 is 0. The van der Waals surface area contributed by atoms with Crippen molar-refractivity contribution >= 4 is 28.8 Å². The smallest absolute Gasteiger partial charge is 0.365 e. The molecule has 2 aliphatic rings. The maximum Gasteiger partial charge on any atom is 0.365 e. The number of benzene rings is 2. The standard InChI is InChI=1S/C23H23N5O4/c1-30-19-8-7-15(13-20(19)31-2)21-24-18(22(29)32-21)14-27-9-11-28(12-10-27)23-25-16-5-3-4-6-17(16)26-23/h3-8,13-14H,9-12H2,1-2H3,(H,25,26)/b18-14+. The number of aliphatic imine (C=N–C) groups is 1. The molecule has 5 rings (SSSR count). The SMILES string of the molecule is COc1ccc(C2=N/C(=C/N3CCN(c4nc5ccccc5[nH]4)CC3)C(=O)O2)cc1OC. The molecule has 0 spiro atoms. The second-order valence-corrected chi connectivity index (χ2v) is 7.49. The van der Waals surface area contributed by atoms with Crippen LogP contribution < -0.4 is 14.4 Å². The van der Waals surface area contributed by atoms with E-state index in [2.05, 4.69) is 24.8 Å². The van der Waals surface area contributed by atoms with Gasteiger partial charge in [-0.1, -0.05) is 12.1 Å². The Morgan fingerprint density at radius 3 is 2.56 bits per heavy atom. The molecule has 0 amide bonds. The Labute approximate surface area is 184 Å². The zero-order chi connectivity index (χ0) is 22.1. The minimum atomic E-state index is -0.463. The number of nitrogens with zero attached hydrogens (tertiary/aromatic N) is 4. The van der Waals surface area contributed by atoms with Gasteiger partial charge in [0.25, 0.3) is 0 Å². The van der Waals surface area contributed by atoms with Crippen LogP contribution in [0.1, 0.15) is 5.56 Å². The maximum atomic E-state index is 12.4. The summed E-state index contributed by atoms with van der Waals surface area (Å²) in [6, 6.07) is 13.3. The van der Waals surface area contributed by atoms with Crippen molar-refractivity contribution in [2.45, 2.75) is 0 Å². The molecule has 9 heteroatoms. The van der Waals surface area contributed by atoms with Gasteiger partial charge in [0.1, 0.15) is 0 Å². The van der Waals surface area contributed by atoms with Crippen LogP contribution in [0.2, 0.25) is 0 Å². The first-order valence-electron chi connectivity index (χ1n) is 10.3. The van der Waals surface area contributed by atoms with Crippen molar-refractivity contribution in [1.82, 2.24) is 14.9 Å². The lowest BCUT2D eigenvalue weighted by Gasteiger charge is -2.33. The summed E-state index contributed by atoms with van der Waals surface area (Å²) in [5.74, 6) is 1.80. The molecule has 3 aromatic rings. The van der Waals surface area contributed by atoms with E-state index in [1.54, 1.807) is 38.6 Å². The molecule has 1 fully saturated rings. The highest BCUT2D eigenvalue weighted by atomic mass is 16.6. The molecule has 1 saturated heterocycles. The number of imidazole rings is 1. The van der Waals surface area contributed by atoms with E-state index < -0.39 is 5.97 Å². The van der Waals surface area contributed by atoms with Gasteiger partial charge in [-0.25, -0.2) is 14.8 Å². The van der Waals surface area contributed by atoms with E-state index in [-0.39, 0.29) is 11.6 Å². The average molecular weight is 433 g/mol. The van der Waals surface area contributed by atoms with E-state index in [0.29, 0.717) is 17.1 Å². The molecule has 9 nitrogen and oxygen atoms in total. The number of hydrogen-bond acceptors (Lipinski definition) is 8. The lowest BCUT2D eigenvalue weighted by Crippen LogP contribution is -2.44. The van der Waals surface area contributed by atoms with E-state index >= 15 is 0 Å². The van der Waals surface area contributed by atoms with Gasteiger partial charge in [-0.2, -0.15) is 0 Å². The number of carbonyl (C=O) groups excluding carboxylic acids is 1. The Balaban J connectivity index is 1.28. The van der Waals surface area contributed by atoms with Crippen molar-refractivity contribution in [2.75, 3.05) is 45.3 Å². The highest BCUT2D eigenvalue weighted by Gasteiger charge is 2.27. The van der Waals surface area contributed by atoms with E-state index in [4.69, 9.17) is 14.2 Å². The fourth-order valence-electron chi connectivity index (χ4n) is 3.82. The molecule has 0 saturated carbocycles. The summed E-state index contributed by atoms with van der Waals surface area (Å²) in [7, 11) is 3.12. The number of nitrogens with one attached hydrogen (secondary N) is 1. The Morgan fingerprint density at radius 1 is 1.03 bits per heavy atom. The van der Waals surface area contributed by atoms with Gasteiger partial charge in [0, 0.05) is 37.9 Å². The Morgan fingerprint density at radius 2 is 1.81 bits per heavy atom. The summed E-state index contributed by atoms with van der Waals surface area (Å²) in [4.78, 5) is 29.1. The third-order valence-electron chi connectivity index (χ3n) is 5.55. The number of methoxy groups -OCH3 is 2. The molecule has 2 aromatic carbocycles. The highest BCUT2D eigenvalue weighted by Crippen LogP contribution is 2.29. The molecule has 0 unspecified atom stereocenters. The molecule has 32 heavy (non-hydrogen) atoms. The van der Waals surface area contributed by atoms with Crippen LogP contribution in [0.25, 0.3) is 11.0 Å². The van der Waals surface area contributed by atoms with E-state index in [0.717, 1.165) is 43.2 Å². The maximum absolute atomic E-state index is 12.4. The molecule has 0 aliphatic carbocycles. The van der Waals surface area contributed by atoms with Gasteiger partial charge in [0.15, 0.2) is 17.2 Å². The fourth-order valence-corrected chi connectivity index (χ4v) is 3.82. The third kappa shape index (κ3) is 3.73. The molecule has 1 N–H and O–H groups in total. The number of rotatable bonds is 5. The zero-order valence-electron chi connectivity index (χ0n) is 17.9. The minimum absolute atomic E-state index is 0.253. The number of fused-ring (bicyclic) bond motifs is 1. The van der Waals surface area contributed by atoms with Crippen LogP contribution in [-0.2, 0) is 9.53 Å². The molecule has 0 atom stereocenters. The zero-order valence-corrected chi connectivity index (χ0v) is 17.9. The van der Waals surface area contributed by atoms with Crippen molar-refractivity contribution in [3.63, 3.8) is 0 Å². The molecule has 3 heterocycles. The lowest BCUT2D eigenvalue weighted by molar-refractivity contribution is -0.130. The van der Waals surface area contributed by atoms with Crippen LogP contribution in [0, 0.1) is 0 Å². The summed E-state index contributed by atoms with van der Waals surface area (Å²) in [6.07, 6.45) is 1.77. The summed E-state index contributed by atoms with van der Waals surface area (Å²) in [5.41, 5.74) is 2.91. The quantitative estimate of drug-likeness (QED) is 0.488. The molecular weight excluding hydrogens is 410 g/mol. The lowest BCUT2D eigenvalue weighted by atomic mass is 10.2. The van der Waals surface area contributed by atoms with Crippen molar-refractivity contribution in [1.29, 1.82) is 0 Å². The number of ether oxygens (including phenoxy) is 3. The van der Waals surface area contributed by atoms with Crippen molar-refractivity contribution in [3.05, 3.63) is 59.9 Å². The van der Waals surface area contributed by atoms with Crippen LogP contribution >= 0.6 is 0 Å². The van der Waals surface area contributed by atoms with Crippen molar-refractivity contribution in [2.24, 2.45) is 4.99 Å².